The van der Waals surface area contributed by atoms with E-state index in [0.29, 0.717) is 0 Å². The molecule has 0 saturated carbocycles. The quantitative estimate of drug-likeness (QED) is 0.552. The van der Waals surface area contributed by atoms with Crippen molar-refractivity contribution in [1.82, 2.24) is 14.6 Å². The van der Waals surface area contributed by atoms with Crippen molar-refractivity contribution in [1.29, 1.82) is 0 Å². The van der Waals surface area contributed by atoms with Crippen LogP contribution in [0, 0.1) is 6.92 Å². The van der Waals surface area contributed by atoms with Crippen LogP contribution in [0.2, 0.25) is 5.02 Å². The van der Waals surface area contributed by atoms with Crippen LogP contribution in [0.15, 0.2) is 66.9 Å². The lowest BCUT2D eigenvalue weighted by Gasteiger charge is -2.33. The van der Waals surface area contributed by atoms with Gasteiger partial charge in [0.15, 0.2) is 5.65 Å². The van der Waals surface area contributed by atoms with Gasteiger partial charge in [-0.3, -0.25) is 0 Å². The van der Waals surface area contributed by atoms with Gasteiger partial charge in [-0.25, -0.2) is 4.98 Å². The SMILES string of the molecule is Cc1cc(N2CC[NH+](Cc3ccc(Cl)cc3)CC2)n2ncc(-c3ccccc3)c2n1. The summed E-state index contributed by atoms with van der Waals surface area (Å²) in [5.41, 5.74) is 5.50. The number of rotatable bonds is 4. The Kier molecular flexibility index (Phi) is 5.15. The van der Waals surface area contributed by atoms with E-state index < -0.39 is 0 Å². The molecule has 0 atom stereocenters. The topological polar surface area (TPSA) is 37.9 Å². The van der Waals surface area contributed by atoms with Gasteiger partial charge in [-0.1, -0.05) is 54.1 Å². The highest BCUT2D eigenvalue weighted by atomic mass is 35.5. The van der Waals surface area contributed by atoms with Crippen molar-refractivity contribution in [2.24, 2.45) is 0 Å². The molecule has 1 aliphatic rings. The normalized spacial score (nSPS) is 15.1. The minimum absolute atomic E-state index is 0.796. The van der Waals surface area contributed by atoms with Gasteiger partial charge in [-0.15, -0.1) is 0 Å². The molecular formula is C24H25ClN5+. The number of aryl methyl sites for hydroxylation is 1. The van der Waals surface area contributed by atoms with Crippen LogP contribution in [-0.4, -0.2) is 40.8 Å². The van der Waals surface area contributed by atoms with Gasteiger partial charge in [-0.2, -0.15) is 9.61 Å². The third-order valence-electron chi connectivity index (χ3n) is 5.83. The summed E-state index contributed by atoms with van der Waals surface area (Å²) in [6.45, 7) is 7.30. The van der Waals surface area contributed by atoms with Gasteiger partial charge in [0.25, 0.3) is 0 Å². The molecule has 152 valence electrons. The number of aromatic nitrogens is 3. The van der Waals surface area contributed by atoms with Crippen LogP contribution < -0.4 is 9.80 Å². The fourth-order valence-corrected chi connectivity index (χ4v) is 4.36. The zero-order valence-corrected chi connectivity index (χ0v) is 17.8. The van der Waals surface area contributed by atoms with Crippen molar-refractivity contribution in [3.8, 4) is 11.1 Å². The lowest BCUT2D eigenvalue weighted by molar-refractivity contribution is -0.914. The highest BCUT2D eigenvalue weighted by molar-refractivity contribution is 6.30. The third kappa shape index (κ3) is 3.78. The molecule has 0 unspecified atom stereocenters. The molecule has 5 rings (SSSR count). The van der Waals surface area contributed by atoms with E-state index in [-0.39, 0.29) is 0 Å². The standard InChI is InChI=1S/C24H24ClN5/c1-18-15-23(30-24(27-18)22(16-26-30)20-5-3-2-4-6-20)29-13-11-28(12-14-29)17-19-7-9-21(25)10-8-19/h2-10,15-16H,11-14,17H2,1H3/p+1. The molecule has 30 heavy (non-hydrogen) atoms. The summed E-state index contributed by atoms with van der Waals surface area (Å²) in [4.78, 5) is 8.84. The number of nitrogens with zero attached hydrogens (tertiary/aromatic N) is 4. The van der Waals surface area contributed by atoms with E-state index in [9.17, 15) is 0 Å². The van der Waals surface area contributed by atoms with Crippen LogP contribution in [0.4, 0.5) is 5.82 Å². The molecule has 0 radical (unpaired) electrons. The molecule has 0 amide bonds. The number of benzene rings is 2. The van der Waals surface area contributed by atoms with Crippen molar-refractivity contribution < 1.29 is 4.90 Å². The molecular weight excluding hydrogens is 394 g/mol. The minimum atomic E-state index is 0.796. The Morgan fingerprint density at radius 1 is 1.00 bits per heavy atom. The average Bonchev–Trinajstić information content (AvgIpc) is 3.20. The predicted molar refractivity (Wildman–Crippen MR) is 121 cm³/mol. The highest BCUT2D eigenvalue weighted by Crippen LogP contribution is 2.27. The van der Waals surface area contributed by atoms with E-state index in [2.05, 4.69) is 54.3 Å². The van der Waals surface area contributed by atoms with Crippen LogP contribution in [0.1, 0.15) is 11.3 Å². The van der Waals surface area contributed by atoms with Crippen LogP contribution in [0.5, 0.6) is 0 Å². The van der Waals surface area contributed by atoms with Gasteiger partial charge in [0.05, 0.1) is 32.4 Å². The Labute approximate surface area is 181 Å². The summed E-state index contributed by atoms with van der Waals surface area (Å²) in [6.07, 6.45) is 1.93. The van der Waals surface area contributed by atoms with Crippen molar-refractivity contribution in [2.75, 3.05) is 31.1 Å². The summed E-state index contributed by atoms with van der Waals surface area (Å²) in [5, 5.41) is 5.50. The monoisotopic (exact) mass is 418 g/mol. The zero-order chi connectivity index (χ0) is 20.5. The minimum Gasteiger partial charge on any atom is -0.345 e. The molecule has 0 bridgehead atoms. The Bertz CT molecular complexity index is 1150. The Morgan fingerprint density at radius 3 is 2.47 bits per heavy atom. The number of piperazine rings is 1. The van der Waals surface area contributed by atoms with Crippen LogP contribution >= 0.6 is 11.6 Å². The van der Waals surface area contributed by atoms with Crippen molar-refractivity contribution in [3.05, 3.63) is 83.1 Å². The van der Waals surface area contributed by atoms with E-state index in [0.717, 1.165) is 66.0 Å². The second-order valence-corrected chi connectivity index (χ2v) is 8.39. The second-order valence-electron chi connectivity index (χ2n) is 7.96. The smallest absolute Gasteiger partial charge is 0.165 e. The van der Waals surface area contributed by atoms with Crippen molar-refractivity contribution >= 4 is 23.1 Å². The van der Waals surface area contributed by atoms with Gasteiger partial charge in [0.2, 0.25) is 0 Å². The molecule has 0 aliphatic carbocycles. The number of quaternary nitrogens is 1. The maximum atomic E-state index is 6.02. The van der Waals surface area contributed by atoms with Crippen LogP contribution in [-0.2, 0) is 6.54 Å². The zero-order valence-electron chi connectivity index (χ0n) is 17.1. The first-order valence-corrected chi connectivity index (χ1v) is 10.8. The molecule has 6 heteroatoms. The number of halogens is 1. The van der Waals surface area contributed by atoms with E-state index in [1.165, 1.54) is 5.56 Å². The van der Waals surface area contributed by atoms with Gasteiger partial charge in [-0.05, 0) is 24.6 Å². The van der Waals surface area contributed by atoms with Crippen molar-refractivity contribution in [2.45, 2.75) is 13.5 Å². The summed E-state index contributed by atoms with van der Waals surface area (Å²) < 4.78 is 2.00. The van der Waals surface area contributed by atoms with E-state index in [1.54, 1.807) is 4.90 Å². The lowest BCUT2D eigenvalue weighted by atomic mass is 10.1. The number of anilines is 1. The summed E-state index contributed by atoms with van der Waals surface area (Å²) >= 11 is 6.02. The Balaban J connectivity index is 1.37. The Morgan fingerprint density at radius 2 is 1.73 bits per heavy atom. The van der Waals surface area contributed by atoms with Gasteiger partial charge < -0.3 is 9.80 Å². The molecule has 1 saturated heterocycles. The summed E-state index contributed by atoms with van der Waals surface area (Å²) in [6, 6.07) is 20.7. The van der Waals surface area contributed by atoms with E-state index in [1.807, 2.05) is 28.9 Å². The van der Waals surface area contributed by atoms with Gasteiger partial charge in [0, 0.05) is 27.9 Å². The molecule has 1 N–H and O–H groups in total. The number of fused-ring (bicyclic) bond motifs is 1. The number of nitrogens with one attached hydrogen (secondary N) is 1. The van der Waals surface area contributed by atoms with Gasteiger partial charge >= 0.3 is 0 Å². The molecule has 0 spiro atoms. The molecule has 5 nitrogen and oxygen atoms in total. The summed E-state index contributed by atoms with van der Waals surface area (Å²) in [5.74, 6) is 1.13. The maximum absolute atomic E-state index is 6.02. The highest BCUT2D eigenvalue weighted by Gasteiger charge is 2.23. The molecule has 1 fully saturated rings. The molecule has 4 aromatic rings. The van der Waals surface area contributed by atoms with E-state index in [4.69, 9.17) is 21.7 Å². The Hall–Kier alpha value is -2.89. The second kappa shape index (κ2) is 8.09. The predicted octanol–water partition coefficient (Wildman–Crippen LogP) is 3.26. The lowest BCUT2D eigenvalue weighted by Crippen LogP contribution is -3.13. The molecule has 2 aromatic carbocycles. The third-order valence-corrected chi connectivity index (χ3v) is 6.08. The van der Waals surface area contributed by atoms with Crippen LogP contribution in [0.25, 0.3) is 16.8 Å². The maximum Gasteiger partial charge on any atom is 0.165 e. The first-order valence-electron chi connectivity index (χ1n) is 10.4. The summed E-state index contributed by atoms with van der Waals surface area (Å²) in [7, 11) is 0. The fourth-order valence-electron chi connectivity index (χ4n) is 4.23. The van der Waals surface area contributed by atoms with Crippen LogP contribution in [0.3, 0.4) is 0 Å². The molecule has 1 aliphatic heterocycles. The average molecular weight is 419 g/mol. The number of hydrogen-bond donors (Lipinski definition) is 1. The molecule has 3 heterocycles. The van der Waals surface area contributed by atoms with Gasteiger partial charge in [0.1, 0.15) is 12.4 Å². The first kappa shape index (κ1) is 19.1. The molecule has 2 aromatic heterocycles. The number of hydrogen-bond acceptors (Lipinski definition) is 3. The van der Waals surface area contributed by atoms with Crippen molar-refractivity contribution in [3.63, 3.8) is 0 Å². The van der Waals surface area contributed by atoms with E-state index >= 15 is 0 Å². The first-order chi connectivity index (χ1) is 14.7. The fraction of sp³-hybridized carbons (Fsp3) is 0.250. The largest absolute Gasteiger partial charge is 0.345 e.